The molecule has 1 aliphatic rings. The van der Waals surface area contributed by atoms with Crippen LogP contribution < -0.4 is 5.32 Å². The van der Waals surface area contributed by atoms with E-state index >= 15 is 0 Å². The van der Waals surface area contributed by atoms with Crippen molar-refractivity contribution >= 4 is 17.9 Å². The van der Waals surface area contributed by atoms with E-state index in [1.54, 1.807) is 24.3 Å². The highest BCUT2D eigenvalue weighted by Crippen LogP contribution is 2.24. The minimum absolute atomic E-state index is 0.0844. The Morgan fingerprint density at radius 2 is 1.96 bits per heavy atom. The smallest absolute Gasteiger partial charge is 0.326 e. The van der Waals surface area contributed by atoms with Gasteiger partial charge in [0.2, 0.25) is 0 Å². The number of benzene rings is 1. The lowest BCUT2D eigenvalue weighted by molar-refractivity contribution is -0.148. The highest BCUT2D eigenvalue weighted by Gasteiger charge is 2.49. The second-order valence-corrected chi connectivity index (χ2v) is 5.54. The number of carbonyl (C=O) groups is 3. The Hall–Kier alpha value is -2.88. The van der Waals surface area contributed by atoms with E-state index in [0.717, 1.165) is 4.90 Å². The lowest BCUT2D eigenvalue weighted by atomic mass is 9.93. The summed E-state index contributed by atoms with van der Waals surface area (Å²) in [4.78, 5) is 37.2. The first-order valence-electron chi connectivity index (χ1n) is 7.75. The first-order chi connectivity index (χ1) is 11.5. The largest absolute Gasteiger partial charge is 0.459 e. The summed E-state index contributed by atoms with van der Waals surface area (Å²) in [6.45, 7) is 3.09. The molecule has 0 radical (unpaired) electrons. The predicted octanol–water partition coefficient (Wildman–Crippen LogP) is 1.71. The Morgan fingerprint density at radius 1 is 1.29 bits per heavy atom. The molecule has 0 unspecified atom stereocenters. The summed E-state index contributed by atoms with van der Waals surface area (Å²) in [7, 11) is 0. The van der Waals surface area contributed by atoms with Crippen molar-refractivity contribution in [3.63, 3.8) is 0 Å². The van der Waals surface area contributed by atoms with Crippen LogP contribution in [-0.2, 0) is 20.9 Å². The monoisotopic (exact) mass is 329 g/mol. The summed E-state index contributed by atoms with van der Waals surface area (Å²) in [5.74, 6) is -1.11. The third kappa shape index (κ3) is 3.23. The normalized spacial score (nSPS) is 15.8. The van der Waals surface area contributed by atoms with Gasteiger partial charge in [-0.05, 0) is 18.9 Å². The van der Waals surface area contributed by atoms with E-state index in [-0.39, 0.29) is 6.61 Å². The SMILES string of the molecule is CCC1(CC)NC(=O)N(CC(=O)OCc2ccccc2C#N)C1=O. The number of carbonyl (C=O) groups excluding carboxylic acids is 3. The van der Waals surface area contributed by atoms with Crippen molar-refractivity contribution in [3.05, 3.63) is 35.4 Å². The Kier molecular flexibility index (Phi) is 5.19. The van der Waals surface area contributed by atoms with Crippen LogP contribution in [0.3, 0.4) is 0 Å². The molecule has 7 nitrogen and oxygen atoms in total. The van der Waals surface area contributed by atoms with Gasteiger partial charge < -0.3 is 10.1 Å². The van der Waals surface area contributed by atoms with Crippen LogP contribution >= 0.6 is 0 Å². The van der Waals surface area contributed by atoms with Crippen molar-refractivity contribution in [2.75, 3.05) is 6.54 Å². The fraction of sp³-hybridized carbons (Fsp3) is 0.412. The number of hydrogen-bond donors (Lipinski definition) is 1. The van der Waals surface area contributed by atoms with Gasteiger partial charge in [0.15, 0.2) is 0 Å². The summed E-state index contributed by atoms with van der Waals surface area (Å²) >= 11 is 0. The van der Waals surface area contributed by atoms with Gasteiger partial charge in [0.1, 0.15) is 18.7 Å². The molecular formula is C17H19N3O4. The molecular weight excluding hydrogens is 310 g/mol. The Morgan fingerprint density at radius 3 is 2.54 bits per heavy atom. The molecule has 1 aromatic rings. The number of rotatable bonds is 6. The van der Waals surface area contributed by atoms with Crippen molar-refractivity contribution in [2.24, 2.45) is 0 Å². The van der Waals surface area contributed by atoms with Gasteiger partial charge in [-0.25, -0.2) is 4.79 Å². The predicted molar refractivity (Wildman–Crippen MR) is 84.5 cm³/mol. The van der Waals surface area contributed by atoms with E-state index in [9.17, 15) is 14.4 Å². The van der Waals surface area contributed by atoms with Gasteiger partial charge in [-0.3, -0.25) is 14.5 Å². The number of nitriles is 1. The number of esters is 1. The first-order valence-corrected chi connectivity index (χ1v) is 7.75. The number of imide groups is 1. The third-order valence-electron chi connectivity index (χ3n) is 4.27. The van der Waals surface area contributed by atoms with Gasteiger partial charge in [-0.15, -0.1) is 0 Å². The molecule has 0 aliphatic carbocycles. The molecule has 0 bridgehead atoms. The zero-order valence-electron chi connectivity index (χ0n) is 13.7. The topological polar surface area (TPSA) is 99.5 Å². The maximum atomic E-state index is 12.4. The molecule has 0 atom stereocenters. The van der Waals surface area contributed by atoms with Gasteiger partial charge in [0.25, 0.3) is 5.91 Å². The van der Waals surface area contributed by atoms with Crippen molar-refractivity contribution in [1.82, 2.24) is 10.2 Å². The highest BCUT2D eigenvalue weighted by molar-refractivity contribution is 6.08. The van der Waals surface area contributed by atoms with Crippen LogP contribution in [0.5, 0.6) is 0 Å². The molecule has 1 fully saturated rings. The van der Waals surface area contributed by atoms with Crippen LogP contribution in [0.2, 0.25) is 0 Å². The average Bonchev–Trinajstić information content (AvgIpc) is 2.84. The van der Waals surface area contributed by atoms with E-state index in [4.69, 9.17) is 10.00 Å². The van der Waals surface area contributed by atoms with Crippen LogP contribution in [0.15, 0.2) is 24.3 Å². The average molecular weight is 329 g/mol. The molecule has 126 valence electrons. The first kappa shape index (κ1) is 17.5. The molecule has 1 heterocycles. The highest BCUT2D eigenvalue weighted by atomic mass is 16.5. The summed E-state index contributed by atoms with van der Waals surface area (Å²) < 4.78 is 5.10. The maximum Gasteiger partial charge on any atom is 0.326 e. The van der Waals surface area contributed by atoms with E-state index in [1.807, 2.05) is 19.9 Å². The molecule has 3 amide bonds. The standard InChI is InChI=1S/C17H19N3O4/c1-3-17(4-2)15(22)20(16(23)19-17)10-14(21)24-11-13-8-6-5-7-12(13)9-18/h5-8H,3-4,10-11H2,1-2H3,(H,19,23). The van der Waals surface area contributed by atoms with Crippen LogP contribution in [0.25, 0.3) is 0 Å². The molecule has 7 heteroatoms. The molecule has 0 saturated carbocycles. The minimum atomic E-state index is -0.940. The van der Waals surface area contributed by atoms with Gasteiger partial charge in [-0.2, -0.15) is 5.26 Å². The summed E-state index contributed by atoms with van der Waals surface area (Å²) in [5.41, 5.74) is 0.0448. The van der Waals surface area contributed by atoms with Crippen molar-refractivity contribution in [3.8, 4) is 6.07 Å². The van der Waals surface area contributed by atoms with Crippen molar-refractivity contribution in [2.45, 2.75) is 38.8 Å². The number of ether oxygens (including phenoxy) is 1. The van der Waals surface area contributed by atoms with Crippen LogP contribution in [0.1, 0.15) is 37.8 Å². The minimum Gasteiger partial charge on any atom is -0.459 e. The number of nitrogens with one attached hydrogen (secondary N) is 1. The van der Waals surface area contributed by atoms with Gasteiger partial charge in [-0.1, -0.05) is 32.0 Å². The quantitative estimate of drug-likeness (QED) is 0.632. The second-order valence-electron chi connectivity index (χ2n) is 5.54. The van der Waals surface area contributed by atoms with Crippen LogP contribution in [0.4, 0.5) is 4.79 Å². The Balaban J connectivity index is 1.99. The molecule has 0 aromatic heterocycles. The number of nitrogens with zero attached hydrogens (tertiary/aromatic N) is 2. The maximum absolute atomic E-state index is 12.4. The lowest BCUT2D eigenvalue weighted by Crippen LogP contribution is -2.46. The zero-order chi connectivity index (χ0) is 17.7. The van der Waals surface area contributed by atoms with E-state index in [0.29, 0.717) is 24.0 Å². The van der Waals surface area contributed by atoms with E-state index < -0.39 is 30.0 Å². The van der Waals surface area contributed by atoms with Gasteiger partial charge in [0.05, 0.1) is 11.6 Å². The molecule has 1 saturated heterocycles. The van der Waals surface area contributed by atoms with Gasteiger partial charge in [0, 0.05) is 5.56 Å². The van der Waals surface area contributed by atoms with E-state index in [1.165, 1.54) is 0 Å². The molecule has 1 aliphatic heterocycles. The van der Waals surface area contributed by atoms with Gasteiger partial charge >= 0.3 is 12.0 Å². The lowest BCUT2D eigenvalue weighted by Gasteiger charge is -2.22. The fourth-order valence-corrected chi connectivity index (χ4v) is 2.64. The van der Waals surface area contributed by atoms with Crippen LogP contribution in [0, 0.1) is 11.3 Å². The number of urea groups is 1. The zero-order valence-corrected chi connectivity index (χ0v) is 13.7. The fourth-order valence-electron chi connectivity index (χ4n) is 2.64. The Bertz CT molecular complexity index is 704. The van der Waals surface area contributed by atoms with Crippen molar-refractivity contribution < 1.29 is 19.1 Å². The van der Waals surface area contributed by atoms with Crippen LogP contribution in [-0.4, -0.2) is 34.9 Å². The molecule has 1 N–H and O–H groups in total. The number of hydrogen-bond acceptors (Lipinski definition) is 5. The molecule has 1 aromatic carbocycles. The summed E-state index contributed by atoms with van der Waals surface area (Å²) in [6.07, 6.45) is 0.907. The Labute approximate surface area is 140 Å². The second kappa shape index (κ2) is 7.13. The molecule has 2 rings (SSSR count). The molecule has 24 heavy (non-hydrogen) atoms. The van der Waals surface area contributed by atoms with E-state index in [2.05, 4.69) is 5.32 Å². The third-order valence-corrected chi connectivity index (χ3v) is 4.27. The summed E-state index contributed by atoms with van der Waals surface area (Å²) in [6, 6.07) is 8.18. The van der Waals surface area contributed by atoms with Crippen molar-refractivity contribution in [1.29, 1.82) is 5.26 Å². The number of amides is 3. The summed E-state index contributed by atoms with van der Waals surface area (Å²) in [5, 5.41) is 11.6. The molecule has 0 spiro atoms.